The molecule has 8 heteroatoms. The fourth-order valence-corrected chi connectivity index (χ4v) is 4.40. The summed E-state index contributed by atoms with van der Waals surface area (Å²) in [5.74, 6) is 0. The Kier molecular flexibility index (Phi) is 4.56. The molecule has 21 heavy (non-hydrogen) atoms. The standard InChI is InChI=1S/C13H15ClF3NO2S/c1-9-4-2-3-7-18(9)21(19,20)10-5-6-12(14)11(8-10)13(15,16)17/h5-6,8-9H,2-4,7H2,1H3. The number of nitrogens with zero attached hydrogens (tertiary/aromatic N) is 1. The fraction of sp³-hybridized carbons (Fsp3) is 0.538. The first-order valence-corrected chi connectivity index (χ1v) is 8.34. The number of alkyl halides is 3. The Morgan fingerprint density at radius 2 is 1.95 bits per heavy atom. The number of sulfonamides is 1. The summed E-state index contributed by atoms with van der Waals surface area (Å²) >= 11 is 5.52. The van der Waals surface area contributed by atoms with Crippen LogP contribution in [0.25, 0.3) is 0 Å². The van der Waals surface area contributed by atoms with E-state index in [0.29, 0.717) is 25.5 Å². The molecule has 0 spiro atoms. The van der Waals surface area contributed by atoms with Crippen LogP contribution in [0.5, 0.6) is 0 Å². The summed E-state index contributed by atoms with van der Waals surface area (Å²) in [6.07, 6.45) is -2.35. The summed E-state index contributed by atoms with van der Waals surface area (Å²) in [7, 11) is -3.94. The minimum absolute atomic E-state index is 0.214. The van der Waals surface area contributed by atoms with E-state index in [-0.39, 0.29) is 10.9 Å². The maximum atomic E-state index is 12.8. The highest BCUT2D eigenvalue weighted by molar-refractivity contribution is 7.89. The second-order valence-corrected chi connectivity index (χ2v) is 7.40. The van der Waals surface area contributed by atoms with Gasteiger partial charge in [-0.2, -0.15) is 17.5 Å². The summed E-state index contributed by atoms with van der Waals surface area (Å²) in [5.41, 5.74) is -1.13. The zero-order valence-electron chi connectivity index (χ0n) is 11.3. The van der Waals surface area contributed by atoms with Crippen LogP contribution in [0.3, 0.4) is 0 Å². The molecule has 1 aromatic rings. The van der Waals surface area contributed by atoms with Gasteiger partial charge in [0, 0.05) is 12.6 Å². The molecule has 1 heterocycles. The molecule has 1 aromatic carbocycles. The van der Waals surface area contributed by atoms with Gasteiger partial charge in [-0.1, -0.05) is 18.0 Å². The van der Waals surface area contributed by atoms with Crippen molar-refractivity contribution in [1.29, 1.82) is 0 Å². The Hall–Kier alpha value is -0.790. The SMILES string of the molecule is CC1CCCCN1S(=O)(=O)c1ccc(Cl)c(C(F)(F)F)c1. The highest BCUT2D eigenvalue weighted by Gasteiger charge is 2.36. The lowest BCUT2D eigenvalue weighted by atomic mass is 10.1. The molecular formula is C13H15ClF3NO2S. The summed E-state index contributed by atoms with van der Waals surface area (Å²) in [4.78, 5) is -0.368. The van der Waals surface area contributed by atoms with Gasteiger partial charge in [0.1, 0.15) is 0 Å². The van der Waals surface area contributed by atoms with E-state index in [1.54, 1.807) is 6.92 Å². The van der Waals surface area contributed by atoms with Crippen LogP contribution >= 0.6 is 11.6 Å². The average molecular weight is 342 g/mol. The second kappa shape index (κ2) is 5.78. The van der Waals surface area contributed by atoms with Crippen molar-refractivity contribution in [3.05, 3.63) is 28.8 Å². The van der Waals surface area contributed by atoms with Gasteiger partial charge in [0.2, 0.25) is 10.0 Å². The van der Waals surface area contributed by atoms with Crippen LogP contribution in [0.2, 0.25) is 5.02 Å². The maximum absolute atomic E-state index is 12.8. The van der Waals surface area contributed by atoms with Crippen molar-refractivity contribution in [2.45, 2.75) is 43.3 Å². The third-order valence-corrected chi connectivity index (χ3v) is 5.93. The highest BCUT2D eigenvalue weighted by Crippen LogP contribution is 2.37. The van der Waals surface area contributed by atoms with Crippen LogP contribution in [0.1, 0.15) is 31.7 Å². The minimum atomic E-state index is -4.68. The molecule has 0 aromatic heterocycles. The Balaban J connectivity index is 2.46. The van der Waals surface area contributed by atoms with E-state index in [0.717, 1.165) is 18.6 Å². The minimum Gasteiger partial charge on any atom is -0.207 e. The first-order valence-electron chi connectivity index (χ1n) is 6.52. The van der Waals surface area contributed by atoms with Gasteiger partial charge < -0.3 is 0 Å². The third-order valence-electron chi connectivity index (χ3n) is 3.59. The van der Waals surface area contributed by atoms with Gasteiger partial charge in [-0.3, -0.25) is 0 Å². The summed E-state index contributed by atoms with van der Waals surface area (Å²) in [6.45, 7) is 2.09. The predicted octanol–water partition coefficient (Wildman–Crippen LogP) is 3.92. The molecular weight excluding hydrogens is 327 g/mol. The first-order chi connectivity index (χ1) is 9.64. The van der Waals surface area contributed by atoms with Crippen molar-refractivity contribution < 1.29 is 21.6 Å². The number of benzene rings is 1. The largest absolute Gasteiger partial charge is 0.417 e. The molecule has 2 rings (SSSR count). The summed E-state index contributed by atoms with van der Waals surface area (Å²) in [6, 6.07) is 2.49. The number of hydrogen-bond acceptors (Lipinski definition) is 2. The van der Waals surface area contributed by atoms with Crippen molar-refractivity contribution in [3.8, 4) is 0 Å². The number of halogens is 4. The van der Waals surface area contributed by atoms with E-state index < -0.39 is 26.8 Å². The number of rotatable bonds is 2. The molecule has 0 saturated carbocycles. The lowest BCUT2D eigenvalue weighted by molar-refractivity contribution is -0.137. The molecule has 1 fully saturated rings. The Morgan fingerprint density at radius 3 is 2.52 bits per heavy atom. The Bertz CT molecular complexity index is 631. The van der Waals surface area contributed by atoms with Crippen LogP contribution in [0, 0.1) is 0 Å². The van der Waals surface area contributed by atoms with Crippen molar-refractivity contribution in [3.63, 3.8) is 0 Å². The van der Waals surface area contributed by atoms with Crippen molar-refractivity contribution in [2.24, 2.45) is 0 Å². The molecule has 1 saturated heterocycles. The molecule has 3 nitrogen and oxygen atoms in total. The van der Waals surface area contributed by atoms with Gasteiger partial charge in [0.05, 0.1) is 15.5 Å². The molecule has 0 bridgehead atoms. The number of piperidine rings is 1. The van der Waals surface area contributed by atoms with Crippen LogP contribution in [-0.4, -0.2) is 25.3 Å². The third kappa shape index (κ3) is 3.35. The van der Waals surface area contributed by atoms with Crippen LogP contribution in [-0.2, 0) is 16.2 Å². The molecule has 0 N–H and O–H groups in total. The predicted molar refractivity (Wildman–Crippen MR) is 73.7 cm³/mol. The molecule has 1 unspecified atom stereocenters. The van der Waals surface area contributed by atoms with Crippen molar-refractivity contribution in [2.75, 3.05) is 6.54 Å². The van der Waals surface area contributed by atoms with Gasteiger partial charge in [0.15, 0.2) is 0 Å². The van der Waals surface area contributed by atoms with E-state index in [1.807, 2.05) is 0 Å². The smallest absolute Gasteiger partial charge is 0.207 e. The molecule has 1 aliphatic heterocycles. The molecule has 0 amide bonds. The van der Waals surface area contributed by atoms with Crippen LogP contribution in [0.15, 0.2) is 23.1 Å². The molecule has 1 atom stereocenters. The average Bonchev–Trinajstić information content (AvgIpc) is 2.37. The van der Waals surface area contributed by atoms with E-state index >= 15 is 0 Å². The van der Waals surface area contributed by atoms with E-state index in [2.05, 4.69) is 0 Å². The zero-order chi connectivity index (χ0) is 15.8. The lowest BCUT2D eigenvalue weighted by Crippen LogP contribution is -2.41. The Labute approximate surface area is 126 Å². The monoisotopic (exact) mass is 341 g/mol. The topological polar surface area (TPSA) is 37.4 Å². The van der Waals surface area contributed by atoms with Gasteiger partial charge in [-0.25, -0.2) is 8.42 Å². The normalized spacial score (nSPS) is 21.5. The van der Waals surface area contributed by atoms with Gasteiger partial charge in [-0.15, -0.1) is 0 Å². The van der Waals surface area contributed by atoms with Gasteiger partial charge in [-0.05, 0) is 38.0 Å². The lowest BCUT2D eigenvalue weighted by Gasteiger charge is -2.32. The Morgan fingerprint density at radius 1 is 1.29 bits per heavy atom. The molecule has 118 valence electrons. The molecule has 0 radical (unpaired) electrons. The van der Waals surface area contributed by atoms with Gasteiger partial charge >= 0.3 is 6.18 Å². The summed E-state index contributed by atoms with van der Waals surface area (Å²) < 4.78 is 64.8. The molecule has 1 aliphatic rings. The van der Waals surface area contributed by atoms with E-state index in [1.165, 1.54) is 4.31 Å². The van der Waals surface area contributed by atoms with E-state index in [9.17, 15) is 21.6 Å². The second-order valence-electron chi connectivity index (χ2n) is 5.10. The van der Waals surface area contributed by atoms with Gasteiger partial charge in [0.25, 0.3) is 0 Å². The number of hydrogen-bond donors (Lipinski definition) is 0. The van der Waals surface area contributed by atoms with Crippen molar-refractivity contribution in [1.82, 2.24) is 4.31 Å². The zero-order valence-corrected chi connectivity index (χ0v) is 12.9. The quantitative estimate of drug-likeness (QED) is 0.817. The maximum Gasteiger partial charge on any atom is 0.417 e. The van der Waals surface area contributed by atoms with Crippen molar-refractivity contribution >= 4 is 21.6 Å². The van der Waals surface area contributed by atoms with Crippen LogP contribution in [0.4, 0.5) is 13.2 Å². The summed E-state index contributed by atoms with van der Waals surface area (Å²) in [5, 5.41) is -0.506. The molecule has 0 aliphatic carbocycles. The fourth-order valence-electron chi connectivity index (χ4n) is 2.45. The highest BCUT2D eigenvalue weighted by atomic mass is 35.5. The first kappa shape index (κ1) is 16.6. The van der Waals surface area contributed by atoms with E-state index in [4.69, 9.17) is 11.6 Å². The van der Waals surface area contributed by atoms with Crippen LogP contribution < -0.4 is 0 Å².